The van der Waals surface area contributed by atoms with Crippen LogP contribution in [0.3, 0.4) is 0 Å². The second kappa shape index (κ2) is 14.6. The molecule has 1 aromatic heterocycles. The Labute approximate surface area is 280 Å². The van der Waals surface area contributed by atoms with Crippen molar-refractivity contribution in [2.24, 2.45) is 0 Å². The van der Waals surface area contributed by atoms with E-state index in [9.17, 15) is 14.4 Å². The van der Waals surface area contributed by atoms with E-state index in [-0.39, 0.29) is 23.8 Å². The number of carbonyl (C=O) groups excluding carboxylic acids is 3. The minimum atomic E-state index is -0.604. The van der Waals surface area contributed by atoms with Gasteiger partial charge in [-0.25, -0.2) is 0 Å². The fourth-order valence-corrected chi connectivity index (χ4v) is 6.65. The number of methoxy groups -OCH3 is 2. The highest BCUT2D eigenvalue weighted by molar-refractivity contribution is 6.24. The quantitative estimate of drug-likeness (QED) is 0.169. The first-order valence-electron chi connectivity index (χ1n) is 16.2. The Morgan fingerprint density at radius 2 is 1.62 bits per heavy atom. The molecule has 0 radical (unpaired) electrons. The van der Waals surface area contributed by atoms with Gasteiger partial charge in [-0.3, -0.25) is 24.2 Å². The van der Waals surface area contributed by atoms with Gasteiger partial charge < -0.3 is 19.7 Å². The summed E-state index contributed by atoms with van der Waals surface area (Å²) in [6.07, 6.45) is 3.79. The van der Waals surface area contributed by atoms with E-state index in [1.165, 1.54) is 22.9 Å². The fraction of sp³-hybridized carbons (Fsp3) is 0.324. The first-order valence-corrected chi connectivity index (χ1v) is 16.2. The highest BCUT2D eigenvalue weighted by Gasteiger charge is 2.43. The first kappa shape index (κ1) is 32.6. The molecule has 1 fully saturated rings. The normalized spacial score (nSPS) is 16.0. The number of hydrogen-bond donors (Lipinski definition) is 1. The average molecular weight is 649 g/mol. The van der Waals surface area contributed by atoms with Crippen LogP contribution in [0.25, 0.3) is 0 Å². The third kappa shape index (κ3) is 6.59. The highest BCUT2D eigenvalue weighted by atomic mass is 16.5. The van der Waals surface area contributed by atoms with E-state index in [2.05, 4.69) is 56.5 Å². The van der Waals surface area contributed by atoms with Gasteiger partial charge in [0.1, 0.15) is 0 Å². The molecule has 0 unspecified atom stereocenters. The van der Waals surface area contributed by atoms with Crippen molar-refractivity contribution < 1.29 is 23.9 Å². The highest BCUT2D eigenvalue weighted by Crippen LogP contribution is 2.40. The molecule has 4 aromatic rings. The van der Waals surface area contributed by atoms with Crippen molar-refractivity contribution in [2.75, 3.05) is 51.8 Å². The van der Waals surface area contributed by atoms with Crippen molar-refractivity contribution in [1.82, 2.24) is 25.3 Å². The van der Waals surface area contributed by atoms with E-state index >= 15 is 0 Å². The minimum Gasteiger partial charge on any atom is -0.493 e. The Morgan fingerprint density at radius 3 is 2.33 bits per heavy atom. The largest absolute Gasteiger partial charge is 0.493 e. The van der Waals surface area contributed by atoms with E-state index in [1.807, 2.05) is 30.3 Å². The van der Waals surface area contributed by atoms with Gasteiger partial charge in [0, 0.05) is 38.8 Å². The molecular formula is C37H40N6O5. The number of ether oxygens (including phenoxy) is 2. The van der Waals surface area contributed by atoms with Crippen LogP contribution in [-0.2, 0) is 0 Å². The Morgan fingerprint density at radius 1 is 0.854 bits per heavy atom. The van der Waals surface area contributed by atoms with Crippen molar-refractivity contribution in [1.29, 1.82) is 0 Å². The van der Waals surface area contributed by atoms with Crippen molar-refractivity contribution in [3.05, 3.63) is 113 Å². The molecule has 11 nitrogen and oxygen atoms in total. The number of hydrogen-bond acceptors (Lipinski definition) is 9. The summed E-state index contributed by atoms with van der Waals surface area (Å²) in [6, 6.07) is 22.7. The second-order valence-electron chi connectivity index (χ2n) is 11.9. The zero-order chi connectivity index (χ0) is 33.6. The third-order valence-electron chi connectivity index (χ3n) is 9.30. The van der Waals surface area contributed by atoms with Gasteiger partial charge in [0.25, 0.3) is 17.7 Å². The van der Waals surface area contributed by atoms with Gasteiger partial charge in [0.05, 0.1) is 55.0 Å². The van der Waals surface area contributed by atoms with E-state index in [4.69, 9.17) is 9.47 Å². The number of benzene rings is 3. The zero-order valence-electron chi connectivity index (χ0n) is 27.5. The SMILES string of the molecule is COc1ccc([C@@H](CCCNC(=O)c2ccnnc2)N2C(=O)c3cccc(N4CCN([C@H](C)c5ccccc5)CC4)c3C2=O)cc1OC. The van der Waals surface area contributed by atoms with Gasteiger partial charge in [-0.2, -0.15) is 10.2 Å². The van der Waals surface area contributed by atoms with Crippen LogP contribution in [0.2, 0.25) is 0 Å². The van der Waals surface area contributed by atoms with Crippen molar-refractivity contribution in [2.45, 2.75) is 31.8 Å². The maximum absolute atomic E-state index is 14.4. The molecule has 248 valence electrons. The lowest BCUT2D eigenvalue weighted by Crippen LogP contribution is -2.47. The lowest BCUT2D eigenvalue weighted by atomic mass is 9.99. The molecule has 3 heterocycles. The zero-order valence-corrected chi connectivity index (χ0v) is 27.5. The van der Waals surface area contributed by atoms with Gasteiger partial charge in [0.2, 0.25) is 0 Å². The van der Waals surface area contributed by atoms with Crippen LogP contribution in [0.1, 0.15) is 74.0 Å². The Hall–Kier alpha value is -5.29. The molecule has 0 saturated carbocycles. The first-order chi connectivity index (χ1) is 23.4. The van der Waals surface area contributed by atoms with E-state index in [0.29, 0.717) is 47.6 Å². The molecule has 2 atom stereocenters. The summed E-state index contributed by atoms with van der Waals surface area (Å²) >= 11 is 0. The predicted molar refractivity (Wildman–Crippen MR) is 181 cm³/mol. The lowest BCUT2D eigenvalue weighted by Gasteiger charge is -2.39. The molecule has 3 aromatic carbocycles. The van der Waals surface area contributed by atoms with Gasteiger partial charge in [-0.15, -0.1) is 0 Å². The summed E-state index contributed by atoms with van der Waals surface area (Å²) in [5.41, 5.74) is 4.04. The summed E-state index contributed by atoms with van der Waals surface area (Å²) in [7, 11) is 3.11. The van der Waals surface area contributed by atoms with Gasteiger partial charge in [-0.1, -0.05) is 42.5 Å². The number of amides is 3. The van der Waals surface area contributed by atoms with Gasteiger partial charge >= 0.3 is 0 Å². The molecule has 1 saturated heterocycles. The Kier molecular flexibility index (Phi) is 9.96. The molecule has 6 rings (SSSR count). The fourth-order valence-electron chi connectivity index (χ4n) is 6.65. The number of piperazine rings is 1. The topological polar surface area (TPSA) is 117 Å². The van der Waals surface area contributed by atoms with E-state index < -0.39 is 6.04 Å². The molecule has 2 aliphatic rings. The monoisotopic (exact) mass is 648 g/mol. The molecule has 0 aliphatic carbocycles. The number of anilines is 1. The molecule has 48 heavy (non-hydrogen) atoms. The minimum absolute atomic E-state index is 0.267. The maximum atomic E-state index is 14.4. The summed E-state index contributed by atoms with van der Waals surface area (Å²) in [5, 5.41) is 10.4. The van der Waals surface area contributed by atoms with Crippen LogP contribution in [0.5, 0.6) is 11.5 Å². The van der Waals surface area contributed by atoms with Crippen LogP contribution in [-0.4, -0.2) is 84.7 Å². The number of nitrogens with one attached hydrogen (secondary N) is 1. The summed E-state index contributed by atoms with van der Waals surface area (Å²) in [6.45, 7) is 5.70. The number of nitrogens with zero attached hydrogens (tertiary/aromatic N) is 5. The van der Waals surface area contributed by atoms with Gasteiger partial charge in [0.15, 0.2) is 11.5 Å². The molecule has 0 bridgehead atoms. The smallest absolute Gasteiger partial charge is 0.264 e. The third-order valence-corrected chi connectivity index (χ3v) is 9.30. The van der Waals surface area contributed by atoms with Crippen LogP contribution >= 0.6 is 0 Å². The van der Waals surface area contributed by atoms with Crippen molar-refractivity contribution >= 4 is 23.4 Å². The molecule has 11 heteroatoms. The van der Waals surface area contributed by atoms with Crippen LogP contribution < -0.4 is 19.7 Å². The standard InChI is InChI=1S/C37H40N6O5/c1-25(26-9-5-4-6-10-26)41-19-21-42(22-20-41)31-12-7-11-29-34(31)37(46)43(36(29)45)30(27-14-15-32(47-2)33(23-27)48-3)13-8-17-38-35(44)28-16-18-39-40-24-28/h4-7,9-12,14-16,18,23-25,30H,8,13,17,19-22H2,1-3H3,(H,38,44)/t25-,30-/m1/s1. The van der Waals surface area contributed by atoms with Crippen LogP contribution in [0, 0.1) is 0 Å². The molecule has 1 N–H and O–H groups in total. The van der Waals surface area contributed by atoms with Crippen LogP contribution in [0.4, 0.5) is 5.69 Å². The molecular weight excluding hydrogens is 608 g/mol. The number of rotatable bonds is 12. The Bertz CT molecular complexity index is 1760. The summed E-state index contributed by atoms with van der Waals surface area (Å²) < 4.78 is 11.0. The predicted octanol–water partition coefficient (Wildman–Crippen LogP) is 4.92. The number of aromatic nitrogens is 2. The molecule has 3 amide bonds. The van der Waals surface area contributed by atoms with Crippen molar-refractivity contribution in [3.63, 3.8) is 0 Å². The van der Waals surface area contributed by atoms with Crippen molar-refractivity contribution in [3.8, 4) is 11.5 Å². The number of imide groups is 1. The lowest BCUT2D eigenvalue weighted by molar-refractivity contribution is 0.0570. The van der Waals surface area contributed by atoms with Gasteiger partial charge in [-0.05, 0) is 61.2 Å². The maximum Gasteiger partial charge on any atom is 0.264 e. The second-order valence-corrected chi connectivity index (χ2v) is 11.9. The van der Waals surface area contributed by atoms with E-state index in [1.54, 1.807) is 32.4 Å². The Balaban J connectivity index is 1.22. The number of carbonyl (C=O) groups is 3. The molecule has 0 spiro atoms. The summed E-state index contributed by atoms with van der Waals surface area (Å²) in [5.74, 6) is 0.121. The molecule has 2 aliphatic heterocycles. The summed E-state index contributed by atoms with van der Waals surface area (Å²) in [4.78, 5) is 47.1. The van der Waals surface area contributed by atoms with Crippen LogP contribution in [0.15, 0.2) is 85.2 Å². The number of fused-ring (bicyclic) bond motifs is 1. The van der Waals surface area contributed by atoms with E-state index in [0.717, 1.165) is 37.4 Å². The average Bonchev–Trinajstić information content (AvgIpc) is 3.40.